The molecule has 2 aromatic heterocycles. The predicted molar refractivity (Wildman–Crippen MR) is 127 cm³/mol. The van der Waals surface area contributed by atoms with E-state index in [1.54, 1.807) is 29.2 Å². The summed E-state index contributed by atoms with van der Waals surface area (Å²) in [6, 6.07) is 11.5. The number of rotatable bonds is 5. The quantitative estimate of drug-likeness (QED) is 0.454. The van der Waals surface area contributed by atoms with Crippen LogP contribution in [0.25, 0.3) is 11.2 Å². The van der Waals surface area contributed by atoms with Gasteiger partial charge in [-0.15, -0.1) is 5.10 Å². The number of aromatic amines is 1. The number of ether oxygens (including phenoxy) is 1. The molecule has 1 aliphatic heterocycles. The standard InChI is InChI=1S/C24H22ClFN6O3/c1-35-19-8-3-2-5-15(19)24(34)31-11-9-14(10-12-31)21-27-22-20(23(33)28-21)29-30-32(22)13-16-17(25)6-4-7-18(16)26/h2-8,14H,9-13H2,1H3,(H,27,28,33). The van der Waals surface area contributed by atoms with E-state index in [4.69, 9.17) is 16.3 Å². The molecule has 1 N–H and O–H groups in total. The maximum Gasteiger partial charge on any atom is 0.281 e. The Labute approximate surface area is 204 Å². The van der Waals surface area contributed by atoms with Crippen LogP contribution in [0.15, 0.2) is 47.3 Å². The van der Waals surface area contributed by atoms with Gasteiger partial charge in [-0.3, -0.25) is 9.59 Å². The summed E-state index contributed by atoms with van der Waals surface area (Å²) >= 11 is 6.15. The maximum atomic E-state index is 14.3. The molecule has 0 unspecified atom stereocenters. The number of H-pyrrole nitrogens is 1. The number of fused-ring (bicyclic) bond motifs is 1. The fourth-order valence-electron chi connectivity index (χ4n) is 4.36. The minimum Gasteiger partial charge on any atom is -0.496 e. The van der Waals surface area contributed by atoms with Gasteiger partial charge in [0.1, 0.15) is 17.4 Å². The van der Waals surface area contributed by atoms with Gasteiger partial charge in [0.15, 0.2) is 11.2 Å². The first-order valence-corrected chi connectivity index (χ1v) is 11.5. The van der Waals surface area contributed by atoms with Crippen molar-refractivity contribution in [3.63, 3.8) is 0 Å². The lowest BCUT2D eigenvalue weighted by Gasteiger charge is -2.31. The second-order valence-electron chi connectivity index (χ2n) is 8.34. The van der Waals surface area contributed by atoms with E-state index < -0.39 is 11.4 Å². The highest BCUT2D eigenvalue weighted by Gasteiger charge is 2.28. The van der Waals surface area contributed by atoms with Crippen molar-refractivity contribution in [3.05, 3.63) is 80.6 Å². The van der Waals surface area contributed by atoms with Crippen LogP contribution in [0, 0.1) is 5.82 Å². The lowest BCUT2D eigenvalue weighted by molar-refractivity contribution is 0.0707. The first-order chi connectivity index (χ1) is 17.0. The van der Waals surface area contributed by atoms with Crippen LogP contribution in [-0.2, 0) is 6.54 Å². The first kappa shape index (κ1) is 23.0. The predicted octanol–water partition coefficient (Wildman–Crippen LogP) is 3.38. The number of carbonyl (C=O) groups excluding carboxylic acids is 1. The molecule has 9 nitrogen and oxygen atoms in total. The minimum absolute atomic E-state index is 0.0102. The Morgan fingerprint density at radius 3 is 2.71 bits per heavy atom. The highest BCUT2D eigenvalue weighted by molar-refractivity contribution is 6.31. The highest BCUT2D eigenvalue weighted by atomic mass is 35.5. The van der Waals surface area contributed by atoms with Crippen molar-refractivity contribution in [1.29, 1.82) is 0 Å². The number of hydrogen-bond acceptors (Lipinski definition) is 6. The first-order valence-electron chi connectivity index (χ1n) is 11.1. The third kappa shape index (κ3) is 4.37. The number of piperidine rings is 1. The molecule has 1 amide bonds. The summed E-state index contributed by atoms with van der Waals surface area (Å²) in [5.74, 6) is 0.399. The van der Waals surface area contributed by atoms with Crippen molar-refractivity contribution < 1.29 is 13.9 Å². The van der Waals surface area contributed by atoms with Gasteiger partial charge in [-0.05, 0) is 37.1 Å². The van der Waals surface area contributed by atoms with Crippen LogP contribution in [0.5, 0.6) is 5.75 Å². The van der Waals surface area contributed by atoms with Crippen LogP contribution in [0.4, 0.5) is 4.39 Å². The number of aromatic nitrogens is 5. The van der Waals surface area contributed by atoms with E-state index in [0.29, 0.717) is 43.1 Å². The number of carbonyl (C=O) groups is 1. The zero-order valence-electron chi connectivity index (χ0n) is 18.9. The third-order valence-corrected chi connectivity index (χ3v) is 6.62. The number of halogens is 2. The van der Waals surface area contributed by atoms with E-state index in [0.717, 1.165) is 0 Å². The van der Waals surface area contributed by atoms with E-state index >= 15 is 0 Å². The minimum atomic E-state index is -0.474. The molecule has 3 heterocycles. The van der Waals surface area contributed by atoms with E-state index in [1.807, 2.05) is 6.07 Å². The van der Waals surface area contributed by atoms with Gasteiger partial charge in [-0.2, -0.15) is 0 Å². The van der Waals surface area contributed by atoms with E-state index in [1.165, 1.54) is 23.9 Å². The fourth-order valence-corrected chi connectivity index (χ4v) is 4.59. The molecule has 5 rings (SSSR count). The van der Waals surface area contributed by atoms with Gasteiger partial charge >= 0.3 is 0 Å². The number of hydrogen-bond donors (Lipinski definition) is 1. The SMILES string of the molecule is COc1ccccc1C(=O)N1CCC(c2nc3c(nnn3Cc3c(F)cccc3Cl)c(=O)[nH]2)CC1. The summed E-state index contributed by atoms with van der Waals surface area (Å²) in [4.78, 5) is 34.9. The van der Waals surface area contributed by atoms with Crippen molar-refractivity contribution in [1.82, 2.24) is 29.9 Å². The van der Waals surface area contributed by atoms with Crippen LogP contribution >= 0.6 is 11.6 Å². The Kier molecular flexibility index (Phi) is 6.21. The fraction of sp³-hybridized carbons (Fsp3) is 0.292. The van der Waals surface area contributed by atoms with Crippen LogP contribution in [0.2, 0.25) is 5.02 Å². The largest absolute Gasteiger partial charge is 0.496 e. The van der Waals surface area contributed by atoms with E-state index in [9.17, 15) is 14.0 Å². The van der Waals surface area contributed by atoms with Crippen LogP contribution in [0.1, 0.15) is 40.5 Å². The number of benzene rings is 2. The second-order valence-corrected chi connectivity index (χ2v) is 8.74. The second kappa shape index (κ2) is 9.46. The Bertz CT molecular complexity index is 1440. The van der Waals surface area contributed by atoms with Crippen molar-refractivity contribution in [2.45, 2.75) is 25.3 Å². The summed E-state index contributed by atoms with van der Waals surface area (Å²) in [6.45, 7) is 1.00. The molecule has 0 saturated carbocycles. The molecule has 0 bridgehead atoms. The molecule has 4 aromatic rings. The number of nitrogens with one attached hydrogen (secondary N) is 1. The Morgan fingerprint density at radius 1 is 1.20 bits per heavy atom. The van der Waals surface area contributed by atoms with Gasteiger partial charge in [-0.25, -0.2) is 14.1 Å². The normalized spacial score (nSPS) is 14.4. The molecular weight excluding hydrogens is 475 g/mol. The van der Waals surface area contributed by atoms with Crippen LogP contribution in [0.3, 0.4) is 0 Å². The summed E-state index contributed by atoms with van der Waals surface area (Å²) in [7, 11) is 1.54. The number of para-hydroxylation sites is 1. The number of likely N-dealkylation sites (tertiary alicyclic amines) is 1. The van der Waals surface area contributed by atoms with Gasteiger partial charge in [0.05, 0.1) is 19.2 Å². The Morgan fingerprint density at radius 2 is 1.97 bits per heavy atom. The maximum absolute atomic E-state index is 14.3. The Balaban J connectivity index is 1.37. The van der Waals surface area contributed by atoms with Gasteiger partial charge < -0.3 is 14.6 Å². The zero-order chi connectivity index (χ0) is 24.5. The average Bonchev–Trinajstić information content (AvgIpc) is 3.29. The molecule has 0 radical (unpaired) electrons. The van der Waals surface area contributed by atoms with Crippen LogP contribution < -0.4 is 10.3 Å². The lowest BCUT2D eigenvalue weighted by Crippen LogP contribution is -2.38. The number of methoxy groups -OCH3 is 1. The van der Waals surface area contributed by atoms with Gasteiger partial charge in [-0.1, -0.05) is 35.0 Å². The third-order valence-electron chi connectivity index (χ3n) is 6.27. The lowest BCUT2D eigenvalue weighted by atomic mass is 9.95. The van der Waals surface area contributed by atoms with E-state index in [2.05, 4.69) is 20.3 Å². The van der Waals surface area contributed by atoms with Gasteiger partial charge in [0.2, 0.25) is 0 Å². The monoisotopic (exact) mass is 496 g/mol. The summed E-state index contributed by atoms with van der Waals surface area (Å²) in [5.41, 5.74) is 0.681. The summed E-state index contributed by atoms with van der Waals surface area (Å²) in [6.07, 6.45) is 1.24. The number of amides is 1. The van der Waals surface area contributed by atoms with Crippen LogP contribution in [-0.4, -0.2) is 56.0 Å². The Hall–Kier alpha value is -3.79. The molecule has 1 saturated heterocycles. The molecule has 1 fully saturated rings. The molecule has 0 spiro atoms. The van der Waals surface area contributed by atoms with Crippen molar-refractivity contribution in [3.8, 4) is 5.75 Å². The molecule has 0 atom stereocenters. The molecular formula is C24H22ClFN6O3. The zero-order valence-corrected chi connectivity index (χ0v) is 19.6. The van der Waals surface area contributed by atoms with Crippen molar-refractivity contribution in [2.24, 2.45) is 0 Å². The summed E-state index contributed by atoms with van der Waals surface area (Å²) in [5, 5.41) is 8.18. The summed E-state index contributed by atoms with van der Waals surface area (Å²) < 4.78 is 21.0. The average molecular weight is 497 g/mol. The van der Waals surface area contributed by atoms with Crippen molar-refractivity contribution in [2.75, 3.05) is 20.2 Å². The molecule has 35 heavy (non-hydrogen) atoms. The molecule has 2 aromatic carbocycles. The molecule has 11 heteroatoms. The highest BCUT2D eigenvalue weighted by Crippen LogP contribution is 2.28. The molecule has 0 aliphatic carbocycles. The van der Waals surface area contributed by atoms with E-state index in [-0.39, 0.29) is 40.1 Å². The van der Waals surface area contributed by atoms with Gasteiger partial charge in [0.25, 0.3) is 11.5 Å². The smallest absolute Gasteiger partial charge is 0.281 e. The molecule has 180 valence electrons. The number of nitrogens with zero attached hydrogens (tertiary/aromatic N) is 5. The topological polar surface area (TPSA) is 106 Å². The van der Waals surface area contributed by atoms with Crippen molar-refractivity contribution >= 4 is 28.7 Å². The van der Waals surface area contributed by atoms with Gasteiger partial charge in [0, 0.05) is 29.6 Å². The molecule has 1 aliphatic rings.